The molecule has 15 rings (SSSR count). The third-order valence-corrected chi connectivity index (χ3v) is 15.0. The molecular formula is C57H42N4O. The summed E-state index contributed by atoms with van der Waals surface area (Å²) in [5, 5.41) is 9.24. The summed E-state index contributed by atoms with van der Waals surface area (Å²) in [6, 6.07) is 58.9. The summed E-state index contributed by atoms with van der Waals surface area (Å²) in [7, 11) is 0. The quantitative estimate of drug-likeness (QED) is 0.174. The van der Waals surface area contributed by atoms with Crippen LogP contribution < -0.4 is 0 Å². The van der Waals surface area contributed by atoms with Crippen LogP contribution in [0.1, 0.15) is 44.1 Å². The van der Waals surface area contributed by atoms with Gasteiger partial charge >= 0.3 is 0 Å². The minimum atomic E-state index is 0.321. The van der Waals surface area contributed by atoms with E-state index in [2.05, 4.69) is 168 Å². The number of fused-ring (bicyclic) bond motifs is 10. The predicted octanol–water partition coefficient (Wildman–Crippen LogP) is 14.6. The molecule has 3 aromatic heterocycles. The van der Waals surface area contributed by atoms with Crippen molar-refractivity contribution in [3.05, 3.63) is 169 Å². The Bertz CT molecular complexity index is 3580. The zero-order valence-corrected chi connectivity index (χ0v) is 34.3. The van der Waals surface area contributed by atoms with Gasteiger partial charge in [-0.1, -0.05) is 127 Å². The second-order valence-electron chi connectivity index (χ2n) is 18.6. The van der Waals surface area contributed by atoms with E-state index in [1.54, 1.807) is 0 Å². The fraction of sp³-hybridized carbons (Fsp3) is 0.175. The zero-order chi connectivity index (χ0) is 40.5. The number of hydrogen-bond acceptors (Lipinski definition) is 4. The topological polar surface area (TPSA) is 56.7 Å². The van der Waals surface area contributed by atoms with E-state index in [1.165, 1.54) is 71.1 Å². The van der Waals surface area contributed by atoms with Crippen molar-refractivity contribution < 1.29 is 4.42 Å². The summed E-state index contributed by atoms with van der Waals surface area (Å²) in [5.41, 5.74) is 9.78. The van der Waals surface area contributed by atoms with Crippen LogP contribution in [0.5, 0.6) is 0 Å². The molecule has 0 N–H and O–H groups in total. The highest BCUT2D eigenvalue weighted by atomic mass is 16.3. The Morgan fingerprint density at radius 3 is 1.82 bits per heavy atom. The molecule has 11 aromatic rings. The van der Waals surface area contributed by atoms with Crippen LogP contribution in [-0.2, 0) is 5.41 Å². The Morgan fingerprint density at radius 1 is 0.452 bits per heavy atom. The third kappa shape index (κ3) is 5.11. The molecule has 0 unspecified atom stereocenters. The van der Waals surface area contributed by atoms with E-state index in [1.807, 2.05) is 0 Å². The molecule has 4 saturated carbocycles. The van der Waals surface area contributed by atoms with E-state index in [4.69, 9.17) is 19.4 Å². The highest BCUT2D eigenvalue weighted by Crippen LogP contribution is 2.60. The first-order valence-corrected chi connectivity index (χ1v) is 22.3. The first-order valence-electron chi connectivity index (χ1n) is 22.3. The zero-order valence-electron chi connectivity index (χ0n) is 34.3. The summed E-state index contributed by atoms with van der Waals surface area (Å²) in [6.07, 6.45) is 8.35. The van der Waals surface area contributed by atoms with Crippen molar-refractivity contribution in [2.45, 2.75) is 43.9 Å². The lowest BCUT2D eigenvalue weighted by Gasteiger charge is -2.57. The first kappa shape index (κ1) is 34.6. The number of para-hydroxylation sites is 2. The summed E-state index contributed by atoms with van der Waals surface area (Å²) >= 11 is 0. The standard InChI is InChI=1S/C57H42N4O/c1-2-11-41(12-3-1)61-48-17-9-8-15-44(48)45-24-20-39(29-49(45)61)55-58-54(38-18-22-40(23-19-38)57-31-34-26-35(32-57)28-36(27-34)33-57)59-56(60-55)47-30-51-53(46-16-7-6-14-43(46)47)52-42-13-5-4-10-37(42)21-25-50(52)62-51/h1-25,29-30,34-36H,26-28,31-33H2. The van der Waals surface area contributed by atoms with Crippen LogP contribution in [0.15, 0.2) is 168 Å². The van der Waals surface area contributed by atoms with Gasteiger partial charge in [0.2, 0.25) is 0 Å². The van der Waals surface area contributed by atoms with Gasteiger partial charge in [0.15, 0.2) is 17.5 Å². The lowest BCUT2D eigenvalue weighted by atomic mass is 9.48. The Labute approximate surface area is 358 Å². The van der Waals surface area contributed by atoms with Gasteiger partial charge in [0.25, 0.3) is 0 Å². The summed E-state index contributed by atoms with van der Waals surface area (Å²) in [6.45, 7) is 0. The fourth-order valence-corrected chi connectivity index (χ4v) is 12.7. The van der Waals surface area contributed by atoms with Gasteiger partial charge < -0.3 is 8.98 Å². The van der Waals surface area contributed by atoms with Gasteiger partial charge in [0.1, 0.15) is 11.2 Å². The number of rotatable bonds is 5. The van der Waals surface area contributed by atoms with Crippen LogP contribution in [0.4, 0.5) is 0 Å². The molecule has 0 aliphatic heterocycles. The summed E-state index contributed by atoms with van der Waals surface area (Å²) in [4.78, 5) is 16.1. The average Bonchev–Trinajstić information content (AvgIpc) is 3.87. The van der Waals surface area contributed by atoms with Gasteiger partial charge in [-0.05, 0) is 125 Å². The molecule has 0 saturated heterocycles. The van der Waals surface area contributed by atoms with Crippen molar-refractivity contribution >= 4 is 65.3 Å². The number of aromatic nitrogens is 4. The van der Waals surface area contributed by atoms with Crippen molar-refractivity contribution in [1.82, 2.24) is 19.5 Å². The van der Waals surface area contributed by atoms with Crippen molar-refractivity contribution in [3.63, 3.8) is 0 Å². The molecule has 4 bridgehead atoms. The van der Waals surface area contributed by atoms with E-state index in [0.717, 1.165) is 78.4 Å². The average molecular weight is 799 g/mol. The molecule has 0 amide bonds. The Kier molecular flexibility index (Phi) is 7.22. The molecule has 0 radical (unpaired) electrons. The number of benzene rings is 8. The lowest BCUT2D eigenvalue weighted by molar-refractivity contribution is -0.00518. The normalized spacial score (nSPS) is 20.7. The molecule has 0 spiro atoms. The van der Waals surface area contributed by atoms with Crippen LogP contribution in [0.25, 0.3) is 105 Å². The van der Waals surface area contributed by atoms with Crippen molar-refractivity contribution in [3.8, 4) is 39.9 Å². The number of hydrogen-bond donors (Lipinski definition) is 0. The third-order valence-electron chi connectivity index (χ3n) is 15.0. The monoisotopic (exact) mass is 798 g/mol. The maximum Gasteiger partial charge on any atom is 0.164 e. The van der Waals surface area contributed by atoms with E-state index < -0.39 is 0 Å². The first-order chi connectivity index (χ1) is 30.6. The number of nitrogens with zero attached hydrogens (tertiary/aromatic N) is 4. The molecule has 296 valence electrons. The van der Waals surface area contributed by atoms with Gasteiger partial charge in [0, 0.05) is 43.9 Å². The molecule has 5 heteroatoms. The van der Waals surface area contributed by atoms with Crippen molar-refractivity contribution in [2.75, 3.05) is 0 Å². The van der Waals surface area contributed by atoms with Crippen LogP contribution in [0.3, 0.4) is 0 Å². The summed E-state index contributed by atoms with van der Waals surface area (Å²) in [5.74, 6) is 4.62. The SMILES string of the molecule is c1ccc(-n2c3ccccc3c3ccc(-c4nc(-c5ccc(C67CC8CC(CC(C8)C6)C7)cc5)nc(-c5cc6oc7ccc8ccccc8c7c6c6ccccc56)n4)cc32)cc1. The molecule has 0 atom stereocenters. The predicted molar refractivity (Wildman–Crippen MR) is 253 cm³/mol. The van der Waals surface area contributed by atoms with Crippen LogP contribution >= 0.6 is 0 Å². The summed E-state index contributed by atoms with van der Waals surface area (Å²) < 4.78 is 9.09. The van der Waals surface area contributed by atoms with Crippen LogP contribution in [0, 0.1) is 17.8 Å². The van der Waals surface area contributed by atoms with Gasteiger partial charge in [-0.2, -0.15) is 0 Å². The lowest BCUT2D eigenvalue weighted by Crippen LogP contribution is -2.48. The van der Waals surface area contributed by atoms with Gasteiger partial charge in [0.05, 0.1) is 11.0 Å². The highest BCUT2D eigenvalue weighted by Gasteiger charge is 2.51. The van der Waals surface area contributed by atoms with Gasteiger partial charge in [-0.3, -0.25) is 0 Å². The molecule has 5 nitrogen and oxygen atoms in total. The largest absolute Gasteiger partial charge is 0.456 e. The number of furan rings is 1. The smallest absolute Gasteiger partial charge is 0.164 e. The molecule has 4 fully saturated rings. The minimum Gasteiger partial charge on any atom is -0.456 e. The van der Waals surface area contributed by atoms with E-state index >= 15 is 0 Å². The fourth-order valence-electron chi connectivity index (χ4n) is 12.7. The maximum atomic E-state index is 6.73. The molecule has 62 heavy (non-hydrogen) atoms. The minimum absolute atomic E-state index is 0.321. The molecule has 4 aliphatic rings. The van der Waals surface area contributed by atoms with E-state index in [9.17, 15) is 0 Å². The van der Waals surface area contributed by atoms with E-state index in [-0.39, 0.29) is 0 Å². The Morgan fingerprint density at radius 2 is 1.05 bits per heavy atom. The molecular weight excluding hydrogens is 757 g/mol. The van der Waals surface area contributed by atoms with E-state index in [0.29, 0.717) is 22.9 Å². The van der Waals surface area contributed by atoms with Gasteiger partial charge in [-0.15, -0.1) is 0 Å². The molecule has 3 heterocycles. The van der Waals surface area contributed by atoms with Crippen LogP contribution in [0.2, 0.25) is 0 Å². The maximum absolute atomic E-state index is 6.73. The van der Waals surface area contributed by atoms with Gasteiger partial charge in [-0.25, -0.2) is 15.0 Å². The highest BCUT2D eigenvalue weighted by molar-refractivity contribution is 6.28. The van der Waals surface area contributed by atoms with Crippen LogP contribution in [-0.4, -0.2) is 19.5 Å². The van der Waals surface area contributed by atoms with Crippen molar-refractivity contribution in [1.29, 1.82) is 0 Å². The van der Waals surface area contributed by atoms with Crippen molar-refractivity contribution in [2.24, 2.45) is 17.8 Å². The Balaban J connectivity index is 0.987. The molecule has 8 aromatic carbocycles. The second-order valence-corrected chi connectivity index (χ2v) is 18.6. The molecule has 4 aliphatic carbocycles. The Hall–Kier alpha value is -7.11. The second kappa shape index (κ2) is 13.0.